The van der Waals surface area contributed by atoms with E-state index in [0.29, 0.717) is 6.61 Å². The highest BCUT2D eigenvalue weighted by molar-refractivity contribution is 5.32. The smallest absolute Gasteiger partial charge is 0.120 e. The molecule has 3 heteroatoms. The molecule has 3 nitrogen and oxygen atoms in total. The Bertz CT molecular complexity index is 392. The first-order valence-corrected chi connectivity index (χ1v) is 6.57. The third-order valence-corrected chi connectivity index (χ3v) is 3.51. The highest BCUT2D eigenvalue weighted by Crippen LogP contribution is 2.35. The van der Waals surface area contributed by atoms with E-state index in [2.05, 4.69) is 0 Å². The van der Waals surface area contributed by atoms with Crippen LogP contribution in [0.25, 0.3) is 0 Å². The highest BCUT2D eigenvalue weighted by atomic mass is 16.5. The van der Waals surface area contributed by atoms with Crippen molar-refractivity contribution in [3.05, 3.63) is 29.8 Å². The van der Waals surface area contributed by atoms with Gasteiger partial charge >= 0.3 is 0 Å². The SMILES string of the molecule is CC(C)Oc1cccc(C(C)(O)C2CCOC2)c1. The van der Waals surface area contributed by atoms with Crippen LogP contribution in [0.2, 0.25) is 0 Å². The van der Waals surface area contributed by atoms with Gasteiger partial charge in [-0.15, -0.1) is 0 Å². The zero-order valence-corrected chi connectivity index (χ0v) is 11.3. The molecule has 1 aliphatic heterocycles. The topological polar surface area (TPSA) is 38.7 Å². The molecule has 1 fully saturated rings. The first-order chi connectivity index (χ1) is 8.50. The maximum Gasteiger partial charge on any atom is 0.120 e. The van der Waals surface area contributed by atoms with Gasteiger partial charge in [-0.1, -0.05) is 12.1 Å². The molecular formula is C15H22O3. The molecule has 0 amide bonds. The van der Waals surface area contributed by atoms with E-state index in [1.807, 2.05) is 45.0 Å². The molecule has 0 aromatic heterocycles. The van der Waals surface area contributed by atoms with Gasteiger partial charge in [-0.3, -0.25) is 0 Å². The molecule has 1 N–H and O–H groups in total. The zero-order valence-electron chi connectivity index (χ0n) is 11.3. The fraction of sp³-hybridized carbons (Fsp3) is 0.600. The maximum absolute atomic E-state index is 10.7. The van der Waals surface area contributed by atoms with Crippen molar-refractivity contribution in [2.24, 2.45) is 5.92 Å². The maximum atomic E-state index is 10.7. The van der Waals surface area contributed by atoms with Crippen molar-refractivity contribution >= 4 is 0 Å². The standard InChI is InChI=1S/C15H22O3/c1-11(2)18-14-6-4-5-12(9-14)15(3,16)13-7-8-17-10-13/h4-6,9,11,13,16H,7-8,10H2,1-3H3. The minimum atomic E-state index is -0.854. The third kappa shape index (κ3) is 2.85. The van der Waals surface area contributed by atoms with E-state index in [0.717, 1.165) is 24.3 Å². The third-order valence-electron chi connectivity index (χ3n) is 3.51. The predicted molar refractivity (Wildman–Crippen MR) is 70.7 cm³/mol. The Kier molecular flexibility index (Phi) is 3.93. The van der Waals surface area contributed by atoms with E-state index >= 15 is 0 Å². The number of hydrogen-bond donors (Lipinski definition) is 1. The van der Waals surface area contributed by atoms with Gasteiger partial charge in [0.1, 0.15) is 5.75 Å². The number of ether oxygens (including phenoxy) is 2. The predicted octanol–water partition coefficient (Wildman–Crippen LogP) is 2.72. The van der Waals surface area contributed by atoms with Gasteiger partial charge in [0.05, 0.1) is 18.3 Å². The van der Waals surface area contributed by atoms with E-state index in [1.165, 1.54) is 0 Å². The van der Waals surface area contributed by atoms with Crippen LogP contribution >= 0.6 is 0 Å². The van der Waals surface area contributed by atoms with Crippen molar-refractivity contribution in [2.45, 2.75) is 38.9 Å². The fourth-order valence-electron chi connectivity index (χ4n) is 2.37. The molecule has 1 saturated heterocycles. The van der Waals surface area contributed by atoms with Crippen molar-refractivity contribution in [3.8, 4) is 5.75 Å². The van der Waals surface area contributed by atoms with Gasteiger partial charge in [0.15, 0.2) is 0 Å². The number of rotatable bonds is 4. The second kappa shape index (κ2) is 5.29. The number of hydrogen-bond acceptors (Lipinski definition) is 3. The lowest BCUT2D eigenvalue weighted by molar-refractivity contribution is -0.00995. The van der Waals surface area contributed by atoms with Crippen molar-refractivity contribution < 1.29 is 14.6 Å². The average Bonchev–Trinajstić information content (AvgIpc) is 2.82. The van der Waals surface area contributed by atoms with Crippen LogP contribution in [0.15, 0.2) is 24.3 Å². The van der Waals surface area contributed by atoms with Gasteiger partial charge in [0.2, 0.25) is 0 Å². The summed E-state index contributed by atoms with van der Waals surface area (Å²) in [6, 6.07) is 7.73. The molecule has 1 aromatic carbocycles. The molecule has 1 aliphatic rings. The molecular weight excluding hydrogens is 228 g/mol. The Balaban J connectivity index is 2.20. The summed E-state index contributed by atoms with van der Waals surface area (Å²) in [6.07, 6.45) is 1.04. The van der Waals surface area contributed by atoms with Crippen LogP contribution in [0.4, 0.5) is 0 Å². The summed E-state index contributed by atoms with van der Waals surface area (Å²) in [6.45, 7) is 7.22. The zero-order chi connectivity index (χ0) is 13.2. The van der Waals surface area contributed by atoms with Crippen LogP contribution in [0.3, 0.4) is 0 Å². The van der Waals surface area contributed by atoms with Crippen molar-refractivity contribution in [1.29, 1.82) is 0 Å². The van der Waals surface area contributed by atoms with Gasteiger partial charge < -0.3 is 14.6 Å². The molecule has 0 bridgehead atoms. The van der Waals surface area contributed by atoms with E-state index in [4.69, 9.17) is 9.47 Å². The summed E-state index contributed by atoms with van der Waals surface area (Å²) in [7, 11) is 0. The second-order valence-corrected chi connectivity index (χ2v) is 5.40. The Morgan fingerprint density at radius 3 is 2.83 bits per heavy atom. The highest BCUT2D eigenvalue weighted by Gasteiger charge is 2.36. The summed E-state index contributed by atoms with van der Waals surface area (Å²) in [5.74, 6) is 0.966. The largest absolute Gasteiger partial charge is 0.491 e. The minimum absolute atomic E-state index is 0.139. The van der Waals surface area contributed by atoms with Crippen molar-refractivity contribution in [2.75, 3.05) is 13.2 Å². The molecule has 0 radical (unpaired) electrons. The molecule has 2 rings (SSSR count). The molecule has 1 heterocycles. The van der Waals surface area contributed by atoms with Gasteiger partial charge in [0, 0.05) is 12.5 Å². The molecule has 100 valence electrons. The Morgan fingerprint density at radius 1 is 1.44 bits per heavy atom. The normalized spacial score (nSPS) is 23.1. The van der Waals surface area contributed by atoms with Crippen LogP contribution in [-0.2, 0) is 10.3 Å². The van der Waals surface area contributed by atoms with Crippen molar-refractivity contribution in [1.82, 2.24) is 0 Å². The summed E-state index contributed by atoms with van der Waals surface area (Å²) in [5.41, 5.74) is 0.0449. The molecule has 2 unspecified atom stereocenters. The average molecular weight is 250 g/mol. The van der Waals surface area contributed by atoms with E-state index in [1.54, 1.807) is 0 Å². The monoisotopic (exact) mass is 250 g/mol. The Hall–Kier alpha value is -1.06. The summed E-state index contributed by atoms with van der Waals surface area (Å²) in [5, 5.41) is 10.7. The van der Waals surface area contributed by atoms with Gasteiger partial charge in [-0.05, 0) is 44.9 Å². The van der Waals surface area contributed by atoms with Crippen LogP contribution in [0.1, 0.15) is 32.8 Å². The number of benzene rings is 1. The lowest BCUT2D eigenvalue weighted by Gasteiger charge is -2.30. The Morgan fingerprint density at radius 2 is 2.22 bits per heavy atom. The van der Waals surface area contributed by atoms with E-state index in [-0.39, 0.29) is 12.0 Å². The van der Waals surface area contributed by atoms with E-state index < -0.39 is 5.60 Å². The second-order valence-electron chi connectivity index (χ2n) is 5.40. The Labute approximate surface area is 109 Å². The summed E-state index contributed by atoms with van der Waals surface area (Å²) >= 11 is 0. The van der Waals surface area contributed by atoms with Crippen LogP contribution in [0, 0.1) is 5.92 Å². The molecule has 2 atom stereocenters. The minimum Gasteiger partial charge on any atom is -0.491 e. The lowest BCUT2D eigenvalue weighted by Crippen LogP contribution is -2.32. The molecule has 0 aliphatic carbocycles. The summed E-state index contributed by atoms with van der Waals surface area (Å²) < 4.78 is 11.0. The van der Waals surface area contributed by atoms with Gasteiger partial charge in [0.25, 0.3) is 0 Å². The molecule has 0 saturated carbocycles. The van der Waals surface area contributed by atoms with Crippen LogP contribution in [-0.4, -0.2) is 24.4 Å². The first-order valence-electron chi connectivity index (χ1n) is 6.57. The molecule has 0 spiro atoms. The first kappa shape index (κ1) is 13.4. The van der Waals surface area contributed by atoms with Crippen LogP contribution in [0.5, 0.6) is 5.75 Å². The molecule has 1 aromatic rings. The lowest BCUT2D eigenvalue weighted by atomic mass is 9.82. The summed E-state index contributed by atoms with van der Waals surface area (Å²) in [4.78, 5) is 0. The quantitative estimate of drug-likeness (QED) is 0.893. The van der Waals surface area contributed by atoms with Gasteiger partial charge in [-0.2, -0.15) is 0 Å². The van der Waals surface area contributed by atoms with E-state index in [9.17, 15) is 5.11 Å². The fourth-order valence-corrected chi connectivity index (χ4v) is 2.37. The number of aliphatic hydroxyl groups is 1. The molecule has 18 heavy (non-hydrogen) atoms. The van der Waals surface area contributed by atoms with Gasteiger partial charge in [-0.25, -0.2) is 0 Å². The van der Waals surface area contributed by atoms with Crippen molar-refractivity contribution in [3.63, 3.8) is 0 Å². The van der Waals surface area contributed by atoms with Crippen LogP contribution < -0.4 is 4.74 Å².